The number of nitrogens with zero attached hydrogens (tertiary/aromatic N) is 2. The summed E-state index contributed by atoms with van der Waals surface area (Å²) in [6.45, 7) is 0. The third-order valence-corrected chi connectivity index (χ3v) is 6.09. The number of rotatable bonds is 6. The molecule has 0 saturated heterocycles. The zero-order chi connectivity index (χ0) is 22.1. The number of ether oxygens (including phenoxy) is 1. The highest BCUT2D eigenvalue weighted by atomic mass is 35.5. The number of benzene rings is 2. The first kappa shape index (κ1) is 22.1. The molecule has 3 aromatic rings. The van der Waals surface area contributed by atoms with E-state index in [0.717, 1.165) is 12.1 Å². The lowest BCUT2D eigenvalue weighted by Crippen LogP contribution is -2.32. The zero-order valence-corrected chi connectivity index (χ0v) is 17.4. The summed E-state index contributed by atoms with van der Waals surface area (Å²) in [5, 5.41) is -0.225. The molecule has 1 heterocycles. The van der Waals surface area contributed by atoms with E-state index in [-0.39, 0.29) is 5.02 Å². The Bertz CT molecular complexity index is 1150. The van der Waals surface area contributed by atoms with Gasteiger partial charge in [-0.1, -0.05) is 23.7 Å². The Labute approximate surface area is 176 Å². The second-order valence-corrected chi connectivity index (χ2v) is 8.48. The van der Waals surface area contributed by atoms with Crippen LogP contribution in [0, 0.1) is 0 Å². The summed E-state index contributed by atoms with van der Waals surface area (Å²) in [6, 6.07) is 7.90. The summed E-state index contributed by atoms with van der Waals surface area (Å²) in [5.41, 5.74) is -0.882. The highest BCUT2D eigenvalue weighted by molar-refractivity contribution is 7.89. The van der Waals surface area contributed by atoms with Crippen LogP contribution in [0.4, 0.5) is 13.2 Å². The molecule has 0 aliphatic rings. The fourth-order valence-electron chi connectivity index (χ4n) is 2.90. The number of halogens is 4. The van der Waals surface area contributed by atoms with Crippen LogP contribution < -0.4 is 9.46 Å². The number of aryl methyl sites for hydroxylation is 1. The first-order valence-electron chi connectivity index (χ1n) is 8.53. The van der Waals surface area contributed by atoms with Gasteiger partial charge in [-0.2, -0.15) is 17.9 Å². The molecule has 6 nitrogen and oxygen atoms in total. The predicted octanol–water partition coefficient (Wildman–Crippen LogP) is 4.17. The van der Waals surface area contributed by atoms with Gasteiger partial charge in [0, 0.05) is 24.5 Å². The van der Waals surface area contributed by atoms with E-state index >= 15 is 0 Å². The van der Waals surface area contributed by atoms with Gasteiger partial charge in [0.05, 0.1) is 17.6 Å². The fraction of sp³-hybridized carbons (Fsp3) is 0.211. The second kappa shape index (κ2) is 8.29. The average Bonchev–Trinajstić information content (AvgIpc) is 3.11. The van der Waals surface area contributed by atoms with Crippen LogP contribution in [0.25, 0.3) is 0 Å². The Hall–Kier alpha value is -2.56. The molecule has 0 aliphatic heterocycles. The normalized spacial score (nSPS) is 13.3. The van der Waals surface area contributed by atoms with Gasteiger partial charge < -0.3 is 9.30 Å². The molecule has 0 spiro atoms. The minimum Gasteiger partial charge on any atom is -0.497 e. The van der Waals surface area contributed by atoms with Crippen molar-refractivity contribution in [1.82, 2.24) is 14.3 Å². The Morgan fingerprint density at radius 2 is 1.83 bits per heavy atom. The molecule has 3 rings (SSSR count). The highest BCUT2D eigenvalue weighted by Crippen LogP contribution is 2.36. The van der Waals surface area contributed by atoms with Crippen molar-refractivity contribution in [2.75, 3.05) is 7.11 Å². The van der Waals surface area contributed by atoms with E-state index in [4.69, 9.17) is 16.3 Å². The van der Waals surface area contributed by atoms with Crippen LogP contribution in [0.2, 0.25) is 5.02 Å². The van der Waals surface area contributed by atoms with Crippen molar-refractivity contribution in [3.8, 4) is 5.75 Å². The first-order chi connectivity index (χ1) is 14.0. The molecule has 2 aromatic carbocycles. The molecule has 1 unspecified atom stereocenters. The van der Waals surface area contributed by atoms with Crippen LogP contribution in [0.15, 0.2) is 59.8 Å². The van der Waals surface area contributed by atoms with Gasteiger partial charge >= 0.3 is 6.18 Å². The quantitative estimate of drug-likeness (QED) is 0.600. The van der Waals surface area contributed by atoms with E-state index in [0.29, 0.717) is 23.2 Å². The lowest BCUT2D eigenvalue weighted by Gasteiger charge is -2.21. The lowest BCUT2D eigenvalue weighted by atomic mass is 10.1. The number of hydrogen-bond donors (Lipinski definition) is 1. The fourth-order valence-corrected chi connectivity index (χ4v) is 4.46. The first-order valence-corrected chi connectivity index (χ1v) is 10.4. The number of aromatic nitrogens is 2. The van der Waals surface area contributed by atoms with Crippen LogP contribution in [0.5, 0.6) is 5.75 Å². The molecule has 0 fully saturated rings. The largest absolute Gasteiger partial charge is 0.497 e. The van der Waals surface area contributed by atoms with Crippen molar-refractivity contribution in [2.24, 2.45) is 7.05 Å². The van der Waals surface area contributed by atoms with E-state index < -0.39 is 32.7 Å². The Balaban J connectivity index is 2.10. The molecule has 1 N–H and O–H groups in total. The summed E-state index contributed by atoms with van der Waals surface area (Å²) >= 11 is 5.66. The minimum absolute atomic E-state index is 0.225. The van der Waals surface area contributed by atoms with Gasteiger partial charge in [-0.3, -0.25) is 0 Å². The van der Waals surface area contributed by atoms with Gasteiger partial charge in [-0.15, -0.1) is 0 Å². The molecular formula is C19H17ClF3N3O3S. The maximum Gasteiger partial charge on any atom is 0.417 e. The monoisotopic (exact) mass is 459 g/mol. The Kier molecular flexibility index (Phi) is 6.11. The maximum atomic E-state index is 13.5. The molecule has 11 heteroatoms. The SMILES string of the molecule is COc1ccc(C(NS(=O)(=O)c2ccc(Cl)cc2C(F)(F)F)c2nccn2C)cc1. The predicted molar refractivity (Wildman–Crippen MR) is 105 cm³/mol. The molecule has 0 bridgehead atoms. The molecule has 160 valence electrons. The van der Waals surface area contributed by atoms with E-state index in [1.807, 2.05) is 0 Å². The zero-order valence-electron chi connectivity index (χ0n) is 15.8. The van der Waals surface area contributed by atoms with Crippen LogP contribution in [-0.4, -0.2) is 25.1 Å². The molecule has 1 aromatic heterocycles. The average molecular weight is 460 g/mol. The van der Waals surface area contributed by atoms with Crippen LogP contribution in [-0.2, 0) is 23.2 Å². The van der Waals surface area contributed by atoms with Crippen molar-refractivity contribution >= 4 is 21.6 Å². The van der Waals surface area contributed by atoms with Gasteiger partial charge in [0.25, 0.3) is 0 Å². The van der Waals surface area contributed by atoms with Gasteiger partial charge in [0.2, 0.25) is 10.0 Å². The van der Waals surface area contributed by atoms with Gasteiger partial charge in [-0.25, -0.2) is 13.4 Å². The lowest BCUT2D eigenvalue weighted by molar-refractivity contribution is -0.139. The van der Waals surface area contributed by atoms with Crippen molar-refractivity contribution in [2.45, 2.75) is 17.1 Å². The second-order valence-electron chi connectivity index (χ2n) is 6.36. The highest BCUT2D eigenvalue weighted by Gasteiger charge is 2.38. The third-order valence-electron chi connectivity index (χ3n) is 4.38. The Morgan fingerprint density at radius 1 is 1.17 bits per heavy atom. The van der Waals surface area contributed by atoms with Crippen LogP contribution in [0.1, 0.15) is 23.0 Å². The number of methoxy groups -OCH3 is 1. The van der Waals surface area contributed by atoms with Crippen LogP contribution >= 0.6 is 11.6 Å². The van der Waals surface area contributed by atoms with Crippen molar-refractivity contribution in [3.63, 3.8) is 0 Å². The molecule has 30 heavy (non-hydrogen) atoms. The molecule has 0 amide bonds. The molecule has 1 atom stereocenters. The van der Waals surface area contributed by atoms with Gasteiger partial charge in [-0.05, 0) is 35.9 Å². The number of alkyl halides is 3. The number of nitrogens with one attached hydrogen (secondary N) is 1. The number of hydrogen-bond acceptors (Lipinski definition) is 4. The summed E-state index contributed by atoms with van der Waals surface area (Å²) in [7, 11) is -1.48. The maximum absolute atomic E-state index is 13.5. The standard InChI is InChI=1S/C19H17ClF3N3O3S/c1-26-10-9-24-18(26)17(12-3-6-14(29-2)7-4-12)25-30(27,28)16-8-5-13(20)11-15(16)19(21,22)23/h3-11,17,25H,1-2H3. The Morgan fingerprint density at radius 3 is 2.37 bits per heavy atom. The topological polar surface area (TPSA) is 73.2 Å². The van der Waals surface area contributed by atoms with Crippen molar-refractivity contribution < 1.29 is 26.3 Å². The van der Waals surface area contributed by atoms with Gasteiger partial charge in [0.15, 0.2) is 0 Å². The summed E-state index contributed by atoms with van der Waals surface area (Å²) in [4.78, 5) is 3.24. The molecule has 0 saturated carbocycles. The molecular weight excluding hydrogens is 443 g/mol. The number of imidazole rings is 1. The van der Waals surface area contributed by atoms with Crippen molar-refractivity contribution in [3.05, 3.63) is 76.8 Å². The molecule has 0 aliphatic carbocycles. The number of sulfonamides is 1. The van der Waals surface area contributed by atoms with E-state index in [9.17, 15) is 21.6 Å². The van der Waals surface area contributed by atoms with Gasteiger partial charge in [0.1, 0.15) is 17.6 Å². The van der Waals surface area contributed by atoms with E-state index in [1.165, 1.54) is 13.3 Å². The summed E-state index contributed by atoms with van der Waals surface area (Å²) in [5.74, 6) is 0.837. The van der Waals surface area contributed by atoms with E-state index in [1.54, 1.807) is 42.1 Å². The van der Waals surface area contributed by atoms with E-state index in [2.05, 4.69) is 9.71 Å². The molecule has 0 radical (unpaired) electrons. The van der Waals surface area contributed by atoms with Crippen molar-refractivity contribution in [1.29, 1.82) is 0 Å². The third kappa shape index (κ3) is 4.61. The van der Waals surface area contributed by atoms with Crippen LogP contribution in [0.3, 0.4) is 0 Å². The summed E-state index contributed by atoms with van der Waals surface area (Å²) < 4.78 is 75.4. The smallest absolute Gasteiger partial charge is 0.417 e. The summed E-state index contributed by atoms with van der Waals surface area (Å²) in [6.07, 6.45) is -1.85. The minimum atomic E-state index is -4.91.